The molecule has 0 spiro atoms. The molecular weight excluding hydrogens is 428 g/mol. The van der Waals surface area contributed by atoms with Crippen molar-refractivity contribution in [1.29, 1.82) is 0 Å². The Labute approximate surface area is 189 Å². The molecule has 32 heavy (non-hydrogen) atoms. The molecule has 0 radical (unpaired) electrons. The Morgan fingerprint density at radius 1 is 1.09 bits per heavy atom. The Balaban J connectivity index is 1.33. The summed E-state index contributed by atoms with van der Waals surface area (Å²) in [6.07, 6.45) is 1.61. The van der Waals surface area contributed by atoms with E-state index < -0.39 is 6.04 Å². The Bertz CT molecular complexity index is 1070. The first kappa shape index (κ1) is 21.8. The number of benzene rings is 1. The second-order valence-electron chi connectivity index (χ2n) is 8.05. The van der Waals surface area contributed by atoms with Crippen molar-refractivity contribution in [3.8, 4) is 0 Å². The number of anilines is 1. The molecule has 1 aromatic carbocycles. The van der Waals surface area contributed by atoms with E-state index in [1.807, 2.05) is 44.2 Å². The van der Waals surface area contributed by atoms with Gasteiger partial charge in [0.2, 0.25) is 5.91 Å². The first-order valence-electron chi connectivity index (χ1n) is 10.5. The minimum absolute atomic E-state index is 0.0795. The fraction of sp³-hybridized carbons (Fsp3) is 0.364. The van der Waals surface area contributed by atoms with Gasteiger partial charge in [-0.15, -0.1) is 11.3 Å². The number of piperazine rings is 1. The predicted octanol–water partition coefficient (Wildman–Crippen LogP) is 2.76. The van der Waals surface area contributed by atoms with Crippen molar-refractivity contribution >= 4 is 45.2 Å². The van der Waals surface area contributed by atoms with Gasteiger partial charge in [-0.1, -0.05) is 32.0 Å². The van der Waals surface area contributed by atoms with Crippen LogP contribution in [0.3, 0.4) is 0 Å². The molecule has 1 unspecified atom stereocenters. The minimum atomic E-state index is -0.683. The van der Waals surface area contributed by atoms with Crippen molar-refractivity contribution in [2.24, 2.45) is 5.92 Å². The maximum Gasteiger partial charge on any atom is 0.318 e. The van der Waals surface area contributed by atoms with Gasteiger partial charge in [0.1, 0.15) is 11.7 Å². The van der Waals surface area contributed by atoms with E-state index in [0.717, 1.165) is 10.9 Å². The molecule has 3 N–H and O–H groups in total. The highest BCUT2D eigenvalue weighted by atomic mass is 32.1. The van der Waals surface area contributed by atoms with Crippen LogP contribution in [-0.4, -0.2) is 69.8 Å². The fourth-order valence-corrected chi connectivity index (χ4v) is 4.23. The molecule has 4 rings (SSSR count). The predicted molar refractivity (Wildman–Crippen MR) is 124 cm³/mol. The van der Waals surface area contributed by atoms with Crippen LogP contribution in [0.15, 0.2) is 41.9 Å². The number of fused-ring (bicyclic) bond motifs is 1. The number of urea groups is 1. The van der Waals surface area contributed by atoms with Crippen molar-refractivity contribution in [2.45, 2.75) is 19.9 Å². The molecule has 1 fully saturated rings. The Morgan fingerprint density at radius 3 is 2.47 bits per heavy atom. The van der Waals surface area contributed by atoms with Crippen molar-refractivity contribution in [3.05, 3.63) is 47.6 Å². The summed E-state index contributed by atoms with van der Waals surface area (Å²) in [7, 11) is 0. The van der Waals surface area contributed by atoms with Gasteiger partial charge in [-0.2, -0.15) is 0 Å². The van der Waals surface area contributed by atoms with E-state index >= 15 is 0 Å². The summed E-state index contributed by atoms with van der Waals surface area (Å²) < 4.78 is 0. The number of H-pyrrole nitrogens is 1. The van der Waals surface area contributed by atoms with Gasteiger partial charge in [-0.05, 0) is 18.1 Å². The van der Waals surface area contributed by atoms with Crippen LogP contribution in [0.25, 0.3) is 10.9 Å². The van der Waals surface area contributed by atoms with Crippen molar-refractivity contribution < 1.29 is 14.4 Å². The Kier molecular flexibility index (Phi) is 6.40. The van der Waals surface area contributed by atoms with Crippen LogP contribution < -0.4 is 10.6 Å². The molecule has 1 atom stereocenters. The first-order valence-corrected chi connectivity index (χ1v) is 11.4. The summed E-state index contributed by atoms with van der Waals surface area (Å²) in [5, 5.41) is 8.84. The Hall–Kier alpha value is -3.40. The van der Waals surface area contributed by atoms with E-state index in [1.165, 1.54) is 11.3 Å². The summed E-state index contributed by atoms with van der Waals surface area (Å²) >= 11 is 1.32. The summed E-state index contributed by atoms with van der Waals surface area (Å²) in [5.41, 5.74) is 1.47. The van der Waals surface area contributed by atoms with Gasteiger partial charge in [-0.3, -0.25) is 9.59 Å². The number of nitrogens with zero attached hydrogens (tertiary/aromatic N) is 3. The standard InChI is InChI=1S/C22H26N6O3S/c1-14(2)18(19(29)26-21-23-7-12-32-21)25-22(31)28-10-8-27(9-11-28)20(30)17-13-15-5-3-4-6-16(15)24-17/h3-7,12-14,18,24H,8-11H2,1-2H3,(H,25,31)(H,23,26,29). The lowest BCUT2D eigenvalue weighted by atomic mass is 10.0. The van der Waals surface area contributed by atoms with Crippen molar-refractivity contribution in [2.75, 3.05) is 31.5 Å². The lowest BCUT2D eigenvalue weighted by Crippen LogP contribution is -2.57. The number of hydrogen-bond acceptors (Lipinski definition) is 5. The first-order chi connectivity index (χ1) is 15.4. The molecule has 1 aliphatic heterocycles. The van der Waals surface area contributed by atoms with E-state index in [9.17, 15) is 14.4 Å². The van der Waals surface area contributed by atoms with Crippen LogP contribution in [0.4, 0.5) is 9.93 Å². The van der Waals surface area contributed by atoms with Crippen LogP contribution in [0.5, 0.6) is 0 Å². The number of carbonyl (C=O) groups excluding carboxylic acids is 3. The van der Waals surface area contributed by atoms with Crippen molar-refractivity contribution in [1.82, 2.24) is 25.1 Å². The number of hydrogen-bond donors (Lipinski definition) is 3. The third kappa shape index (κ3) is 4.75. The zero-order chi connectivity index (χ0) is 22.7. The van der Waals surface area contributed by atoms with Crippen LogP contribution in [0.1, 0.15) is 24.3 Å². The van der Waals surface area contributed by atoms with Gasteiger partial charge in [0.05, 0.1) is 0 Å². The van der Waals surface area contributed by atoms with E-state index in [-0.39, 0.29) is 23.8 Å². The monoisotopic (exact) mass is 454 g/mol. The molecule has 0 bridgehead atoms. The van der Waals surface area contributed by atoms with Gasteiger partial charge < -0.3 is 25.4 Å². The average molecular weight is 455 g/mol. The number of aromatic nitrogens is 2. The fourth-order valence-electron chi connectivity index (χ4n) is 3.70. The zero-order valence-corrected chi connectivity index (χ0v) is 18.8. The molecule has 168 valence electrons. The van der Waals surface area contributed by atoms with Crippen LogP contribution in [-0.2, 0) is 4.79 Å². The molecule has 1 aliphatic rings. The number of amides is 4. The number of aromatic amines is 1. The topological polar surface area (TPSA) is 110 Å². The molecule has 2 aromatic heterocycles. The molecule has 10 heteroatoms. The summed E-state index contributed by atoms with van der Waals surface area (Å²) in [6.45, 7) is 5.42. The highest BCUT2D eigenvalue weighted by molar-refractivity contribution is 7.13. The lowest BCUT2D eigenvalue weighted by molar-refractivity contribution is -0.118. The molecule has 4 amide bonds. The number of rotatable bonds is 5. The maximum absolute atomic E-state index is 12.9. The molecule has 3 heterocycles. The van der Waals surface area contributed by atoms with Gasteiger partial charge in [-0.25, -0.2) is 9.78 Å². The zero-order valence-electron chi connectivity index (χ0n) is 18.0. The minimum Gasteiger partial charge on any atom is -0.351 e. The quantitative estimate of drug-likeness (QED) is 0.551. The number of thiazole rings is 1. The molecular formula is C22H26N6O3S. The molecule has 9 nitrogen and oxygen atoms in total. The van der Waals surface area contributed by atoms with E-state index in [0.29, 0.717) is 37.0 Å². The van der Waals surface area contributed by atoms with Crippen LogP contribution in [0, 0.1) is 5.92 Å². The average Bonchev–Trinajstić information content (AvgIpc) is 3.46. The maximum atomic E-state index is 12.9. The second-order valence-corrected chi connectivity index (χ2v) is 8.94. The van der Waals surface area contributed by atoms with E-state index in [1.54, 1.807) is 21.4 Å². The SMILES string of the molecule is CC(C)C(NC(=O)N1CCN(C(=O)c2cc3ccccc3[nH]2)CC1)C(=O)Nc1nccs1. The number of para-hydroxylation sites is 1. The number of carbonyl (C=O) groups is 3. The van der Waals surface area contributed by atoms with Gasteiger partial charge >= 0.3 is 6.03 Å². The summed E-state index contributed by atoms with van der Waals surface area (Å²) in [5.74, 6) is -0.469. The van der Waals surface area contributed by atoms with E-state index in [4.69, 9.17) is 0 Å². The molecule has 1 saturated heterocycles. The van der Waals surface area contributed by atoms with Gasteiger partial charge in [0.25, 0.3) is 5.91 Å². The third-order valence-electron chi connectivity index (χ3n) is 5.51. The highest BCUT2D eigenvalue weighted by Gasteiger charge is 2.30. The smallest absolute Gasteiger partial charge is 0.318 e. The van der Waals surface area contributed by atoms with Gasteiger partial charge in [0.15, 0.2) is 5.13 Å². The molecule has 0 aliphatic carbocycles. The van der Waals surface area contributed by atoms with Crippen LogP contribution in [0.2, 0.25) is 0 Å². The van der Waals surface area contributed by atoms with Crippen LogP contribution >= 0.6 is 11.3 Å². The highest BCUT2D eigenvalue weighted by Crippen LogP contribution is 2.17. The largest absolute Gasteiger partial charge is 0.351 e. The summed E-state index contributed by atoms with van der Waals surface area (Å²) in [6, 6.07) is 8.61. The second kappa shape index (κ2) is 9.39. The number of nitrogens with one attached hydrogen (secondary N) is 3. The molecule has 3 aromatic rings. The normalized spacial score (nSPS) is 15.1. The van der Waals surface area contributed by atoms with Gasteiger partial charge in [0, 0.05) is 48.7 Å². The van der Waals surface area contributed by atoms with Crippen molar-refractivity contribution in [3.63, 3.8) is 0 Å². The third-order valence-corrected chi connectivity index (χ3v) is 6.19. The molecule has 0 saturated carbocycles. The lowest BCUT2D eigenvalue weighted by Gasteiger charge is -2.35. The van der Waals surface area contributed by atoms with E-state index in [2.05, 4.69) is 20.6 Å². The summed E-state index contributed by atoms with van der Waals surface area (Å²) in [4.78, 5) is 48.9. The Morgan fingerprint density at radius 2 is 1.81 bits per heavy atom.